The molecule has 1 aromatic heterocycles. The molecule has 26 heavy (non-hydrogen) atoms. The molecule has 1 aliphatic rings. The number of halogens is 2. The lowest BCUT2D eigenvalue weighted by Crippen LogP contribution is -2.42. The molecule has 7 heteroatoms. The Morgan fingerprint density at radius 1 is 1.08 bits per heavy atom. The normalized spacial score (nSPS) is 16.8. The smallest absolute Gasteiger partial charge is 0.408 e. The summed E-state index contributed by atoms with van der Waals surface area (Å²) in [6.45, 7) is 0.108. The van der Waals surface area contributed by atoms with Crippen LogP contribution in [0, 0.1) is 0 Å². The van der Waals surface area contributed by atoms with Crippen molar-refractivity contribution in [1.29, 1.82) is 0 Å². The van der Waals surface area contributed by atoms with Gasteiger partial charge in [-0.3, -0.25) is 9.78 Å². The fourth-order valence-electron chi connectivity index (χ4n) is 3.18. The van der Waals surface area contributed by atoms with E-state index in [0.29, 0.717) is 16.7 Å². The molecule has 1 N–H and O–H groups in total. The molecule has 0 spiro atoms. The standard InChI is InChI=1S/C19H16F2N2O3/c20-19(21)6-8-23(9-7-19)17(24)14-3-1-2-12(10-14)13-4-5-16-15(11-13)22-18(25)26-16/h1-5,10-11H,6-9H2,(H,22,25). The van der Waals surface area contributed by atoms with Gasteiger partial charge in [-0.05, 0) is 35.4 Å². The molecule has 0 bridgehead atoms. The van der Waals surface area contributed by atoms with Crippen LogP contribution >= 0.6 is 0 Å². The van der Waals surface area contributed by atoms with Gasteiger partial charge < -0.3 is 9.32 Å². The number of rotatable bonds is 2. The Labute approximate surface area is 147 Å². The second-order valence-corrected chi connectivity index (χ2v) is 6.45. The number of benzene rings is 2. The highest BCUT2D eigenvalue weighted by atomic mass is 19.3. The van der Waals surface area contributed by atoms with Gasteiger partial charge in [0.1, 0.15) is 0 Å². The second-order valence-electron chi connectivity index (χ2n) is 6.45. The van der Waals surface area contributed by atoms with Crippen LogP contribution in [0.15, 0.2) is 51.7 Å². The number of nitrogens with zero attached hydrogens (tertiary/aromatic N) is 1. The first kappa shape index (κ1) is 16.5. The summed E-state index contributed by atoms with van der Waals surface area (Å²) in [6.07, 6.45) is -0.605. The molecular formula is C19H16F2N2O3. The van der Waals surface area contributed by atoms with E-state index in [2.05, 4.69) is 4.98 Å². The van der Waals surface area contributed by atoms with Gasteiger partial charge in [0.05, 0.1) is 5.52 Å². The molecule has 0 aliphatic carbocycles. The molecular weight excluding hydrogens is 342 g/mol. The van der Waals surface area contributed by atoms with Gasteiger partial charge in [0, 0.05) is 31.5 Å². The minimum absolute atomic E-state index is 0.0538. The van der Waals surface area contributed by atoms with E-state index in [1.165, 1.54) is 4.90 Å². The zero-order valence-electron chi connectivity index (χ0n) is 13.8. The number of H-pyrrole nitrogens is 1. The van der Waals surface area contributed by atoms with Crippen molar-refractivity contribution < 1.29 is 18.0 Å². The van der Waals surface area contributed by atoms with Crippen LogP contribution in [0.2, 0.25) is 0 Å². The largest absolute Gasteiger partial charge is 0.417 e. The Balaban J connectivity index is 1.61. The molecule has 1 fully saturated rings. The highest BCUT2D eigenvalue weighted by Gasteiger charge is 2.35. The molecule has 0 unspecified atom stereocenters. The predicted octanol–water partition coefficient (Wildman–Crippen LogP) is 3.66. The van der Waals surface area contributed by atoms with Gasteiger partial charge in [0.25, 0.3) is 11.8 Å². The van der Waals surface area contributed by atoms with E-state index in [4.69, 9.17) is 4.42 Å². The molecule has 2 aromatic carbocycles. The highest BCUT2D eigenvalue weighted by molar-refractivity contribution is 5.95. The van der Waals surface area contributed by atoms with Gasteiger partial charge in [0.2, 0.25) is 0 Å². The molecule has 1 aliphatic heterocycles. The lowest BCUT2D eigenvalue weighted by atomic mass is 10.0. The Hall–Kier alpha value is -2.96. The summed E-state index contributed by atoms with van der Waals surface area (Å²) in [5, 5.41) is 0. The molecule has 2 heterocycles. The Kier molecular flexibility index (Phi) is 3.86. The number of hydrogen-bond acceptors (Lipinski definition) is 3. The third-order valence-electron chi connectivity index (χ3n) is 4.64. The number of amides is 1. The summed E-state index contributed by atoms with van der Waals surface area (Å²) in [5.41, 5.74) is 3.09. The van der Waals surface area contributed by atoms with Gasteiger partial charge in [-0.1, -0.05) is 18.2 Å². The third-order valence-corrected chi connectivity index (χ3v) is 4.64. The Morgan fingerprint density at radius 3 is 2.58 bits per heavy atom. The minimum atomic E-state index is -2.68. The molecule has 0 saturated carbocycles. The van der Waals surface area contributed by atoms with E-state index in [1.807, 2.05) is 6.07 Å². The summed E-state index contributed by atoms with van der Waals surface area (Å²) in [4.78, 5) is 28.0. The van der Waals surface area contributed by atoms with Crippen molar-refractivity contribution in [2.45, 2.75) is 18.8 Å². The number of piperidine rings is 1. The van der Waals surface area contributed by atoms with Crippen LogP contribution in [0.3, 0.4) is 0 Å². The zero-order valence-corrected chi connectivity index (χ0v) is 13.8. The van der Waals surface area contributed by atoms with Crippen molar-refractivity contribution >= 4 is 17.0 Å². The fraction of sp³-hybridized carbons (Fsp3) is 0.263. The monoisotopic (exact) mass is 358 g/mol. The van der Waals surface area contributed by atoms with E-state index >= 15 is 0 Å². The third kappa shape index (κ3) is 3.12. The van der Waals surface area contributed by atoms with Crippen LogP contribution in [0.5, 0.6) is 0 Å². The topological polar surface area (TPSA) is 66.3 Å². The summed E-state index contributed by atoms with van der Waals surface area (Å²) in [6, 6.07) is 12.3. The van der Waals surface area contributed by atoms with E-state index in [9.17, 15) is 18.4 Å². The van der Waals surface area contributed by atoms with Crippen LogP contribution in [-0.2, 0) is 0 Å². The first-order valence-electron chi connectivity index (χ1n) is 8.32. The van der Waals surface area contributed by atoms with Crippen LogP contribution in [0.4, 0.5) is 8.78 Å². The SMILES string of the molecule is O=C(c1cccc(-c2ccc3oc(=O)[nH]c3c2)c1)N1CCC(F)(F)CC1. The van der Waals surface area contributed by atoms with Gasteiger partial charge in [0.15, 0.2) is 5.58 Å². The van der Waals surface area contributed by atoms with Crippen molar-refractivity contribution in [2.75, 3.05) is 13.1 Å². The molecule has 1 saturated heterocycles. The van der Waals surface area contributed by atoms with Crippen molar-refractivity contribution in [3.8, 4) is 11.1 Å². The number of aromatic amines is 1. The molecule has 3 aromatic rings. The number of carbonyl (C=O) groups is 1. The second kappa shape index (κ2) is 6.09. The van der Waals surface area contributed by atoms with Crippen molar-refractivity contribution in [3.05, 3.63) is 58.6 Å². The lowest BCUT2D eigenvalue weighted by Gasteiger charge is -2.31. The molecule has 0 atom stereocenters. The summed E-state index contributed by atoms with van der Waals surface area (Å²) in [5.74, 6) is -3.46. The summed E-state index contributed by atoms with van der Waals surface area (Å²) < 4.78 is 31.6. The van der Waals surface area contributed by atoms with Gasteiger partial charge in [-0.15, -0.1) is 0 Å². The Morgan fingerprint density at radius 2 is 1.81 bits per heavy atom. The van der Waals surface area contributed by atoms with E-state index < -0.39 is 11.7 Å². The van der Waals surface area contributed by atoms with Gasteiger partial charge in [-0.25, -0.2) is 13.6 Å². The van der Waals surface area contributed by atoms with E-state index in [1.54, 1.807) is 36.4 Å². The van der Waals surface area contributed by atoms with Gasteiger partial charge >= 0.3 is 5.76 Å². The maximum Gasteiger partial charge on any atom is 0.417 e. The van der Waals surface area contributed by atoms with Crippen LogP contribution in [-0.4, -0.2) is 34.8 Å². The van der Waals surface area contributed by atoms with Crippen molar-refractivity contribution in [1.82, 2.24) is 9.88 Å². The Bertz CT molecular complexity index is 1030. The number of alkyl halides is 2. The van der Waals surface area contributed by atoms with Gasteiger partial charge in [-0.2, -0.15) is 0 Å². The van der Waals surface area contributed by atoms with Crippen molar-refractivity contribution in [2.24, 2.45) is 0 Å². The molecule has 0 radical (unpaired) electrons. The minimum Gasteiger partial charge on any atom is -0.408 e. The number of aromatic nitrogens is 1. The molecule has 5 nitrogen and oxygen atoms in total. The van der Waals surface area contributed by atoms with E-state index in [0.717, 1.165) is 11.1 Å². The van der Waals surface area contributed by atoms with Crippen molar-refractivity contribution in [3.63, 3.8) is 0 Å². The number of hydrogen-bond donors (Lipinski definition) is 1. The summed E-state index contributed by atoms with van der Waals surface area (Å²) in [7, 11) is 0. The quantitative estimate of drug-likeness (QED) is 0.760. The average Bonchev–Trinajstić information content (AvgIpc) is 3.00. The fourth-order valence-corrected chi connectivity index (χ4v) is 3.18. The molecule has 4 rings (SSSR count). The summed E-state index contributed by atoms with van der Waals surface area (Å²) >= 11 is 0. The van der Waals surface area contributed by atoms with Crippen LogP contribution < -0.4 is 5.76 Å². The average molecular weight is 358 g/mol. The van der Waals surface area contributed by atoms with Crippen LogP contribution in [0.1, 0.15) is 23.2 Å². The lowest BCUT2D eigenvalue weighted by molar-refractivity contribution is -0.0494. The number of fused-ring (bicyclic) bond motifs is 1. The number of carbonyl (C=O) groups excluding carboxylic acids is 1. The number of nitrogens with one attached hydrogen (secondary N) is 1. The van der Waals surface area contributed by atoms with Crippen LogP contribution in [0.25, 0.3) is 22.2 Å². The maximum absolute atomic E-state index is 13.3. The number of oxazole rings is 1. The molecule has 1 amide bonds. The first-order chi connectivity index (χ1) is 12.4. The predicted molar refractivity (Wildman–Crippen MR) is 92.4 cm³/mol. The van der Waals surface area contributed by atoms with E-state index in [-0.39, 0.29) is 31.8 Å². The highest BCUT2D eigenvalue weighted by Crippen LogP contribution is 2.29. The molecule has 134 valence electrons. The zero-order chi connectivity index (χ0) is 18.3. The first-order valence-corrected chi connectivity index (χ1v) is 8.32. The maximum atomic E-state index is 13.3. The number of likely N-dealkylation sites (tertiary alicyclic amines) is 1.